The molecule has 0 bridgehead atoms. The van der Waals surface area contributed by atoms with Gasteiger partial charge in [0.05, 0.1) is 10.5 Å². The second kappa shape index (κ2) is 11.6. The molecule has 0 aliphatic heterocycles. The molecule has 1 unspecified atom stereocenters. The van der Waals surface area contributed by atoms with E-state index >= 15 is 0 Å². The van der Waals surface area contributed by atoms with Gasteiger partial charge in [-0.15, -0.1) is 0 Å². The number of carbonyl (C=O) groups excluding carboxylic acids is 1. The minimum atomic E-state index is -4.69. The van der Waals surface area contributed by atoms with Gasteiger partial charge in [0.2, 0.25) is 10.0 Å². The molecule has 3 aromatic carbocycles. The van der Waals surface area contributed by atoms with Crippen molar-refractivity contribution in [3.05, 3.63) is 77.9 Å². The van der Waals surface area contributed by atoms with Crippen LogP contribution >= 0.6 is 0 Å². The Morgan fingerprint density at radius 3 is 2.27 bits per heavy atom. The highest BCUT2D eigenvalue weighted by Crippen LogP contribution is 2.38. The van der Waals surface area contributed by atoms with Crippen LogP contribution < -0.4 is 15.8 Å². The Bertz CT molecular complexity index is 1470. The first-order chi connectivity index (χ1) is 18.8. The van der Waals surface area contributed by atoms with E-state index in [4.69, 9.17) is 5.73 Å². The fourth-order valence-corrected chi connectivity index (χ4v) is 5.96. The number of carbonyl (C=O) groups is 1. The minimum Gasteiger partial charge on any atom is -0.398 e. The summed E-state index contributed by atoms with van der Waals surface area (Å²) >= 11 is 0. The molecule has 5 N–H and O–H groups in total. The number of sulfonamides is 1. The summed E-state index contributed by atoms with van der Waals surface area (Å²) in [6.45, 7) is 0. The van der Waals surface area contributed by atoms with Crippen LogP contribution in [0.15, 0.2) is 71.6 Å². The van der Waals surface area contributed by atoms with E-state index in [0.29, 0.717) is 18.4 Å². The Hall–Kier alpha value is -3.41. The summed E-state index contributed by atoms with van der Waals surface area (Å²) in [6, 6.07) is 16.6. The van der Waals surface area contributed by atoms with Crippen LogP contribution in [0.5, 0.6) is 0 Å². The zero-order chi connectivity index (χ0) is 29.1. The molecule has 7 nitrogen and oxygen atoms in total. The molecule has 1 atom stereocenters. The minimum absolute atomic E-state index is 0.0509. The molecule has 1 amide bonds. The van der Waals surface area contributed by atoms with Crippen LogP contribution in [-0.4, -0.2) is 32.1 Å². The summed E-state index contributed by atoms with van der Waals surface area (Å²) in [4.78, 5) is 13.7. The summed E-state index contributed by atoms with van der Waals surface area (Å²) in [5, 5.41) is 14.4. The van der Waals surface area contributed by atoms with Crippen molar-refractivity contribution >= 4 is 27.3 Å². The number of nitrogens with two attached hydrogens (primary N) is 1. The summed E-state index contributed by atoms with van der Waals surface area (Å²) in [7, 11) is -2.26. The van der Waals surface area contributed by atoms with Gasteiger partial charge < -0.3 is 16.2 Å². The number of amides is 1. The van der Waals surface area contributed by atoms with E-state index in [0.717, 1.165) is 42.5 Å². The van der Waals surface area contributed by atoms with E-state index in [1.165, 1.54) is 25.2 Å². The number of alkyl halides is 3. The Labute approximate surface area is 231 Å². The van der Waals surface area contributed by atoms with Gasteiger partial charge in [-0.25, -0.2) is 13.1 Å². The summed E-state index contributed by atoms with van der Waals surface area (Å²) in [6.07, 6.45) is -0.869. The molecule has 3 aromatic rings. The van der Waals surface area contributed by atoms with E-state index in [1.54, 1.807) is 24.3 Å². The summed E-state index contributed by atoms with van der Waals surface area (Å²) in [5.41, 5.74) is 4.15. The Morgan fingerprint density at radius 1 is 0.975 bits per heavy atom. The average molecular weight is 576 g/mol. The van der Waals surface area contributed by atoms with Crippen molar-refractivity contribution < 1.29 is 31.5 Å². The number of halogens is 3. The molecule has 0 heterocycles. The molecular formula is C29H32F3N3O4S. The molecule has 4 rings (SSSR count). The Kier molecular flexibility index (Phi) is 8.57. The van der Waals surface area contributed by atoms with Crippen LogP contribution in [0.3, 0.4) is 0 Å². The topological polar surface area (TPSA) is 122 Å². The maximum atomic E-state index is 13.6. The Morgan fingerprint density at radius 2 is 1.65 bits per heavy atom. The van der Waals surface area contributed by atoms with E-state index in [9.17, 15) is 31.5 Å². The molecule has 214 valence electrons. The van der Waals surface area contributed by atoms with Gasteiger partial charge in [-0.05, 0) is 72.8 Å². The zero-order valence-corrected chi connectivity index (χ0v) is 22.8. The van der Waals surface area contributed by atoms with Gasteiger partial charge in [0.15, 0.2) is 0 Å². The predicted octanol–water partition coefficient (Wildman–Crippen LogP) is 5.36. The van der Waals surface area contributed by atoms with Gasteiger partial charge in [-0.1, -0.05) is 55.7 Å². The van der Waals surface area contributed by atoms with E-state index < -0.39 is 39.0 Å². The van der Waals surface area contributed by atoms with Gasteiger partial charge in [-0.2, -0.15) is 13.2 Å². The first kappa shape index (κ1) is 29.6. The smallest absolute Gasteiger partial charge is 0.398 e. The molecule has 0 radical (unpaired) electrons. The van der Waals surface area contributed by atoms with Crippen molar-refractivity contribution in [1.82, 2.24) is 4.72 Å². The first-order valence-electron chi connectivity index (χ1n) is 13.0. The largest absolute Gasteiger partial charge is 0.418 e. The number of anilines is 2. The normalized spacial score (nSPS) is 16.3. The molecule has 0 spiro atoms. The number of hydrogen-bond donors (Lipinski definition) is 4. The zero-order valence-electron chi connectivity index (χ0n) is 22.0. The van der Waals surface area contributed by atoms with Crippen LogP contribution in [-0.2, 0) is 27.4 Å². The highest BCUT2D eigenvalue weighted by molar-refractivity contribution is 7.89. The molecule has 0 saturated heterocycles. The van der Waals surface area contributed by atoms with Crippen molar-refractivity contribution in [3.8, 4) is 11.1 Å². The fraction of sp³-hybridized carbons (Fsp3) is 0.345. The lowest BCUT2D eigenvalue weighted by atomic mass is 9.73. The van der Waals surface area contributed by atoms with Crippen LogP contribution in [0.2, 0.25) is 0 Å². The number of nitrogens with one attached hydrogen (secondary N) is 2. The van der Waals surface area contributed by atoms with Crippen molar-refractivity contribution in [2.24, 2.45) is 5.92 Å². The lowest BCUT2D eigenvalue weighted by Gasteiger charge is -2.37. The third-order valence-electron chi connectivity index (χ3n) is 7.46. The number of benzene rings is 3. The highest BCUT2D eigenvalue weighted by Gasteiger charge is 2.44. The molecular weight excluding hydrogens is 543 g/mol. The van der Waals surface area contributed by atoms with Crippen molar-refractivity contribution in [3.63, 3.8) is 0 Å². The molecule has 11 heteroatoms. The molecule has 40 heavy (non-hydrogen) atoms. The SMILES string of the molecule is CNS(=O)(=O)c1ccc(-c2cccc(CC(O)(C(=O)Nc3ccc(N)c(C(F)(F)F)c3)C3CCCCC3)c2)cc1. The van der Waals surface area contributed by atoms with Crippen LogP contribution in [0, 0.1) is 5.92 Å². The van der Waals surface area contributed by atoms with E-state index in [2.05, 4.69) is 10.0 Å². The van der Waals surface area contributed by atoms with Gasteiger partial charge in [0.1, 0.15) is 5.60 Å². The van der Waals surface area contributed by atoms with Crippen LogP contribution in [0.1, 0.15) is 43.2 Å². The fourth-order valence-electron chi connectivity index (χ4n) is 5.23. The number of nitrogen functional groups attached to an aromatic ring is 1. The molecule has 0 aromatic heterocycles. The van der Waals surface area contributed by atoms with Crippen molar-refractivity contribution in [1.29, 1.82) is 0 Å². The van der Waals surface area contributed by atoms with Crippen molar-refractivity contribution in [2.45, 2.75) is 55.2 Å². The average Bonchev–Trinajstić information content (AvgIpc) is 2.94. The second-order valence-electron chi connectivity index (χ2n) is 10.1. The Balaban J connectivity index is 1.63. The van der Waals surface area contributed by atoms with Crippen molar-refractivity contribution in [2.75, 3.05) is 18.1 Å². The van der Waals surface area contributed by atoms with Crippen LogP contribution in [0.25, 0.3) is 11.1 Å². The quantitative estimate of drug-likeness (QED) is 0.270. The van der Waals surface area contributed by atoms with Gasteiger partial charge in [0.25, 0.3) is 5.91 Å². The molecule has 1 fully saturated rings. The summed E-state index contributed by atoms with van der Waals surface area (Å²) < 4.78 is 66.5. The van der Waals surface area contributed by atoms with Gasteiger partial charge in [-0.3, -0.25) is 4.79 Å². The third kappa shape index (κ3) is 6.48. The molecule has 1 aliphatic rings. The predicted molar refractivity (Wildman–Crippen MR) is 148 cm³/mol. The molecule has 1 aliphatic carbocycles. The van der Waals surface area contributed by atoms with Crippen LogP contribution in [0.4, 0.5) is 24.5 Å². The molecule has 1 saturated carbocycles. The number of hydrogen-bond acceptors (Lipinski definition) is 5. The van der Waals surface area contributed by atoms with E-state index in [-0.39, 0.29) is 22.9 Å². The lowest BCUT2D eigenvalue weighted by Crippen LogP contribution is -2.51. The first-order valence-corrected chi connectivity index (χ1v) is 14.5. The highest BCUT2D eigenvalue weighted by atomic mass is 32.2. The second-order valence-corrected chi connectivity index (χ2v) is 12.0. The third-order valence-corrected chi connectivity index (χ3v) is 8.89. The summed E-state index contributed by atoms with van der Waals surface area (Å²) in [5.74, 6) is -1.16. The van der Waals surface area contributed by atoms with Gasteiger partial charge in [0, 0.05) is 17.8 Å². The number of rotatable bonds is 8. The standard InChI is InChI=1S/C29H32F3N3O4S/c1-34-40(38,39)24-13-10-20(11-14-24)21-7-5-6-19(16-21)18-28(37,22-8-3-2-4-9-22)27(36)35-23-12-15-26(33)25(17-23)29(30,31)32/h5-7,10-17,22,34,37H,2-4,8-9,18,33H2,1H3,(H,35,36). The van der Waals surface area contributed by atoms with Gasteiger partial charge >= 0.3 is 6.18 Å². The number of aliphatic hydroxyl groups is 1. The van der Waals surface area contributed by atoms with E-state index in [1.807, 2.05) is 12.1 Å². The maximum Gasteiger partial charge on any atom is 0.418 e. The lowest BCUT2D eigenvalue weighted by molar-refractivity contribution is -0.142. The monoisotopic (exact) mass is 575 g/mol. The maximum absolute atomic E-state index is 13.6.